The highest BCUT2D eigenvalue weighted by Gasteiger charge is 2.17. The minimum atomic E-state index is -2.25. The van der Waals surface area contributed by atoms with Gasteiger partial charge >= 0.3 is 0 Å². The average molecular weight is 191 g/mol. The number of halogens is 2. The first-order valence-electron chi connectivity index (χ1n) is 4.84. The van der Waals surface area contributed by atoms with Crippen molar-refractivity contribution in [2.24, 2.45) is 0 Å². The highest BCUT2D eigenvalue weighted by molar-refractivity contribution is 4.72. The fraction of sp³-hybridized carbons (Fsp3) is 0.800. The summed E-state index contributed by atoms with van der Waals surface area (Å²) in [6.07, 6.45) is 2.54. The molecular weight excluding hydrogens is 172 g/mol. The molecule has 0 bridgehead atoms. The molecule has 1 N–H and O–H groups in total. The van der Waals surface area contributed by atoms with Crippen LogP contribution < -0.4 is 5.32 Å². The maximum atomic E-state index is 12.4. The Kier molecular flexibility index (Phi) is 7.90. The summed E-state index contributed by atoms with van der Waals surface area (Å²) in [5.41, 5.74) is 0. The van der Waals surface area contributed by atoms with Crippen molar-refractivity contribution in [1.82, 2.24) is 5.32 Å². The molecule has 0 aliphatic heterocycles. The zero-order chi connectivity index (χ0) is 10.1. The number of hydrogen-bond donors (Lipinski definition) is 1. The van der Waals surface area contributed by atoms with Gasteiger partial charge in [-0.1, -0.05) is 13.0 Å². The Bertz CT molecular complexity index is 126. The lowest BCUT2D eigenvalue weighted by Gasteiger charge is -2.16. The number of hydrogen-bond acceptors (Lipinski definition) is 1. The second-order valence-corrected chi connectivity index (χ2v) is 3.11. The van der Waals surface area contributed by atoms with E-state index in [4.69, 9.17) is 0 Å². The zero-order valence-corrected chi connectivity index (χ0v) is 8.23. The summed E-state index contributed by atoms with van der Waals surface area (Å²) >= 11 is 0. The summed E-state index contributed by atoms with van der Waals surface area (Å²) in [7, 11) is 0. The standard InChI is InChI=1S/C10H19F2N/c1-3-5-6-7-9(10(11)12)13-8-4-2/h3,9-10,13H,1,4-8H2,2H3. The summed E-state index contributed by atoms with van der Waals surface area (Å²) in [6, 6.07) is -0.639. The third-order valence-electron chi connectivity index (χ3n) is 1.88. The largest absolute Gasteiger partial charge is 0.309 e. The van der Waals surface area contributed by atoms with E-state index in [0.29, 0.717) is 13.0 Å². The van der Waals surface area contributed by atoms with Crippen LogP contribution >= 0.6 is 0 Å². The van der Waals surface area contributed by atoms with E-state index in [-0.39, 0.29) is 0 Å². The van der Waals surface area contributed by atoms with Crippen LogP contribution in [0.3, 0.4) is 0 Å². The van der Waals surface area contributed by atoms with E-state index in [2.05, 4.69) is 11.9 Å². The average Bonchev–Trinajstić information content (AvgIpc) is 2.10. The third kappa shape index (κ3) is 6.70. The third-order valence-corrected chi connectivity index (χ3v) is 1.88. The van der Waals surface area contributed by atoms with Gasteiger partial charge in [-0.15, -0.1) is 6.58 Å². The van der Waals surface area contributed by atoms with Crippen molar-refractivity contribution in [3.05, 3.63) is 12.7 Å². The van der Waals surface area contributed by atoms with Gasteiger partial charge in [0.05, 0.1) is 6.04 Å². The number of unbranched alkanes of at least 4 members (excludes halogenated alkanes) is 1. The van der Waals surface area contributed by atoms with Crippen LogP contribution in [-0.4, -0.2) is 19.0 Å². The summed E-state index contributed by atoms with van der Waals surface area (Å²) in [5, 5.41) is 2.84. The Labute approximate surface area is 79.2 Å². The molecule has 1 nitrogen and oxygen atoms in total. The molecule has 0 heterocycles. The molecule has 0 aliphatic carbocycles. The molecule has 0 amide bonds. The van der Waals surface area contributed by atoms with Gasteiger partial charge < -0.3 is 5.32 Å². The molecule has 0 saturated heterocycles. The Balaban J connectivity index is 3.60. The predicted molar refractivity (Wildman–Crippen MR) is 52.1 cm³/mol. The van der Waals surface area contributed by atoms with Crippen LogP contribution in [-0.2, 0) is 0 Å². The lowest BCUT2D eigenvalue weighted by molar-refractivity contribution is 0.0933. The molecule has 0 saturated carbocycles. The van der Waals surface area contributed by atoms with Crippen LogP contribution in [0.25, 0.3) is 0 Å². The van der Waals surface area contributed by atoms with Gasteiger partial charge in [0, 0.05) is 0 Å². The van der Waals surface area contributed by atoms with Crippen molar-refractivity contribution in [1.29, 1.82) is 0 Å². The summed E-state index contributed by atoms with van der Waals surface area (Å²) < 4.78 is 24.7. The Hall–Kier alpha value is -0.440. The normalized spacial score (nSPS) is 13.2. The second-order valence-electron chi connectivity index (χ2n) is 3.11. The van der Waals surface area contributed by atoms with Gasteiger partial charge in [0.25, 0.3) is 6.43 Å². The molecular formula is C10H19F2N. The lowest BCUT2D eigenvalue weighted by atomic mass is 10.1. The molecule has 0 aromatic heterocycles. The van der Waals surface area contributed by atoms with E-state index in [1.54, 1.807) is 6.08 Å². The highest BCUT2D eigenvalue weighted by atomic mass is 19.3. The zero-order valence-electron chi connectivity index (χ0n) is 8.23. The van der Waals surface area contributed by atoms with E-state index < -0.39 is 12.5 Å². The molecule has 1 atom stereocenters. The summed E-state index contributed by atoms with van der Waals surface area (Å²) in [4.78, 5) is 0. The molecule has 1 unspecified atom stereocenters. The van der Waals surface area contributed by atoms with Crippen molar-refractivity contribution in [3.63, 3.8) is 0 Å². The Morgan fingerprint density at radius 2 is 2.15 bits per heavy atom. The summed E-state index contributed by atoms with van der Waals surface area (Å²) in [6.45, 7) is 6.20. The SMILES string of the molecule is C=CCCCC(NCCC)C(F)F. The van der Waals surface area contributed by atoms with Crippen LogP contribution in [0.5, 0.6) is 0 Å². The molecule has 0 fully saturated rings. The van der Waals surface area contributed by atoms with E-state index >= 15 is 0 Å². The second kappa shape index (κ2) is 8.17. The molecule has 0 spiro atoms. The van der Waals surface area contributed by atoms with Crippen LogP contribution in [0, 0.1) is 0 Å². The first-order valence-corrected chi connectivity index (χ1v) is 4.84. The number of nitrogens with one attached hydrogen (secondary N) is 1. The molecule has 0 aromatic rings. The van der Waals surface area contributed by atoms with Crippen molar-refractivity contribution < 1.29 is 8.78 Å². The lowest BCUT2D eigenvalue weighted by Crippen LogP contribution is -2.35. The minimum absolute atomic E-state index is 0.531. The van der Waals surface area contributed by atoms with Gasteiger partial charge in [0.1, 0.15) is 0 Å². The first kappa shape index (κ1) is 12.6. The van der Waals surface area contributed by atoms with Gasteiger partial charge in [-0.3, -0.25) is 0 Å². The van der Waals surface area contributed by atoms with Crippen molar-refractivity contribution in [3.8, 4) is 0 Å². The fourth-order valence-corrected chi connectivity index (χ4v) is 1.13. The fourth-order valence-electron chi connectivity index (χ4n) is 1.13. The molecule has 13 heavy (non-hydrogen) atoms. The van der Waals surface area contributed by atoms with E-state index in [1.807, 2.05) is 6.92 Å². The van der Waals surface area contributed by atoms with Crippen LogP contribution in [0.4, 0.5) is 8.78 Å². The van der Waals surface area contributed by atoms with Crippen molar-refractivity contribution in [2.75, 3.05) is 6.54 Å². The smallest absolute Gasteiger partial charge is 0.253 e. The van der Waals surface area contributed by atoms with Crippen molar-refractivity contribution >= 4 is 0 Å². The molecule has 0 aromatic carbocycles. The molecule has 0 rings (SSSR count). The topological polar surface area (TPSA) is 12.0 Å². The van der Waals surface area contributed by atoms with Gasteiger partial charge in [0.15, 0.2) is 0 Å². The predicted octanol–water partition coefficient (Wildman–Crippen LogP) is 2.98. The number of alkyl halides is 2. The van der Waals surface area contributed by atoms with E-state index in [1.165, 1.54) is 0 Å². The minimum Gasteiger partial charge on any atom is -0.309 e. The Morgan fingerprint density at radius 3 is 2.62 bits per heavy atom. The Morgan fingerprint density at radius 1 is 1.46 bits per heavy atom. The van der Waals surface area contributed by atoms with E-state index in [0.717, 1.165) is 19.3 Å². The number of allylic oxidation sites excluding steroid dienone is 1. The summed E-state index contributed by atoms with van der Waals surface area (Å²) in [5.74, 6) is 0. The van der Waals surface area contributed by atoms with Gasteiger partial charge in [-0.05, 0) is 32.2 Å². The first-order chi connectivity index (χ1) is 6.22. The van der Waals surface area contributed by atoms with Crippen LogP contribution in [0.2, 0.25) is 0 Å². The van der Waals surface area contributed by atoms with Crippen molar-refractivity contribution in [2.45, 2.75) is 45.1 Å². The molecule has 0 radical (unpaired) electrons. The van der Waals surface area contributed by atoms with Gasteiger partial charge in [0.2, 0.25) is 0 Å². The van der Waals surface area contributed by atoms with E-state index in [9.17, 15) is 8.78 Å². The maximum absolute atomic E-state index is 12.4. The highest BCUT2D eigenvalue weighted by Crippen LogP contribution is 2.09. The monoisotopic (exact) mass is 191 g/mol. The van der Waals surface area contributed by atoms with Crippen LogP contribution in [0.1, 0.15) is 32.6 Å². The molecule has 78 valence electrons. The van der Waals surface area contributed by atoms with Gasteiger partial charge in [-0.25, -0.2) is 8.78 Å². The van der Waals surface area contributed by atoms with Crippen LogP contribution in [0.15, 0.2) is 12.7 Å². The molecule has 3 heteroatoms. The maximum Gasteiger partial charge on any atom is 0.253 e. The van der Waals surface area contributed by atoms with Gasteiger partial charge in [-0.2, -0.15) is 0 Å². The quantitative estimate of drug-likeness (QED) is 0.459. The number of rotatable bonds is 8. The molecule has 0 aliphatic rings.